The van der Waals surface area contributed by atoms with Gasteiger partial charge in [-0.1, -0.05) is 41.9 Å². The number of aliphatic carboxylic acids is 1. The molecule has 0 spiro atoms. The maximum absolute atomic E-state index is 13.6. The van der Waals surface area contributed by atoms with Gasteiger partial charge in [0.15, 0.2) is 0 Å². The third-order valence-corrected chi connectivity index (χ3v) is 5.27. The van der Waals surface area contributed by atoms with Gasteiger partial charge in [-0.2, -0.15) is 39.5 Å². The first-order valence-corrected chi connectivity index (χ1v) is 11.1. The number of urea groups is 1. The van der Waals surface area contributed by atoms with Crippen molar-refractivity contribution in [3.8, 4) is 0 Å². The first-order valence-electron chi connectivity index (χ1n) is 10.7. The summed E-state index contributed by atoms with van der Waals surface area (Å²) >= 11 is 6.03. The molecule has 1 heterocycles. The van der Waals surface area contributed by atoms with Gasteiger partial charge in [-0.25, -0.2) is 9.59 Å². The zero-order valence-corrected chi connectivity index (χ0v) is 20.4. The van der Waals surface area contributed by atoms with Crippen molar-refractivity contribution in [2.24, 2.45) is 0 Å². The summed E-state index contributed by atoms with van der Waals surface area (Å²) in [6, 6.07) is 9.59. The molecule has 0 fully saturated rings. The van der Waals surface area contributed by atoms with Crippen LogP contribution < -0.4 is 10.6 Å². The van der Waals surface area contributed by atoms with Crippen LogP contribution in [-0.2, 0) is 23.7 Å². The minimum Gasteiger partial charge on any atom is -0.475 e. The van der Waals surface area contributed by atoms with Crippen molar-refractivity contribution in [2.45, 2.75) is 31.1 Å². The molecule has 2 aromatic carbocycles. The van der Waals surface area contributed by atoms with Gasteiger partial charge in [0.2, 0.25) is 0 Å². The summed E-state index contributed by atoms with van der Waals surface area (Å²) in [6.45, 7) is -0.0282. The van der Waals surface area contributed by atoms with Crippen molar-refractivity contribution < 1.29 is 54.2 Å². The molecule has 0 aliphatic rings. The molecule has 0 aliphatic carbocycles. The van der Waals surface area contributed by atoms with Gasteiger partial charge >= 0.3 is 30.5 Å². The molecule has 16 heteroatoms. The molecule has 3 aromatic rings. The second-order valence-corrected chi connectivity index (χ2v) is 8.12. The number of alkyl halides is 9. The van der Waals surface area contributed by atoms with Gasteiger partial charge in [-0.3, -0.25) is 4.98 Å². The highest BCUT2D eigenvalue weighted by Gasteiger charge is 2.39. The number of hydrogen-bond donors (Lipinski definition) is 3. The van der Waals surface area contributed by atoms with Gasteiger partial charge in [0.25, 0.3) is 0 Å². The fourth-order valence-electron chi connectivity index (χ4n) is 3.06. The minimum absolute atomic E-state index is 0.0138. The van der Waals surface area contributed by atoms with Crippen molar-refractivity contribution >= 4 is 23.6 Å². The fourth-order valence-corrected chi connectivity index (χ4v) is 3.26. The third-order valence-electron chi connectivity index (χ3n) is 4.90. The molecular formula is C24H17ClF9N3O3. The second kappa shape index (κ2) is 12.9. The molecule has 0 unspecified atom stereocenters. The van der Waals surface area contributed by atoms with Gasteiger partial charge in [0.05, 0.1) is 22.9 Å². The first-order chi connectivity index (χ1) is 18.4. The lowest BCUT2D eigenvalue weighted by atomic mass is 9.98. The van der Waals surface area contributed by atoms with Crippen molar-refractivity contribution in [3.05, 3.63) is 99.8 Å². The van der Waals surface area contributed by atoms with Crippen LogP contribution in [0.25, 0.3) is 0 Å². The molecule has 6 nitrogen and oxygen atoms in total. The lowest BCUT2D eigenvalue weighted by molar-refractivity contribution is -0.192. The first kappa shape index (κ1) is 32.2. The van der Waals surface area contributed by atoms with E-state index in [9.17, 15) is 44.3 Å². The lowest BCUT2D eigenvalue weighted by Crippen LogP contribution is -2.39. The Morgan fingerprint density at radius 1 is 0.850 bits per heavy atom. The number of nitrogens with zero attached hydrogens (tertiary/aromatic N) is 1. The van der Waals surface area contributed by atoms with Gasteiger partial charge < -0.3 is 15.7 Å². The van der Waals surface area contributed by atoms with E-state index in [0.717, 1.165) is 42.6 Å². The molecule has 0 aliphatic heterocycles. The van der Waals surface area contributed by atoms with E-state index in [0.29, 0.717) is 10.6 Å². The molecule has 0 bridgehead atoms. The topological polar surface area (TPSA) is 91.3 Å². The number of nitrogens with one attached hydrogen (secondary N) is 2. The summed E-state index contributed by atoms with van der Waals surface area (Å²) in [7, 11) is 0. The van der Waals surface area contributed by atoms with Crippen LogP contribution in [0.2, 0.25) is 5.02 Å². The van der Waals surface area contributed by atoms with Gasteiger partial charge in [0, 0.05) is 17.8 Å². The van der Waals surface area contributed by atoms with E-state index < -0.39 is 53.4 Å². The molecule has 2 amide bonds. The molecule has 0 saturated carbocycles. The van der Waals surface area contributed by atoms with Gasteiger partial charge in [-0.15, -0.1) is 0 Å². The number of rotatable bonds is 5. The fraction of sp³-hybridized carbons (Fsp3) is 0.208. The standard InChI is InChI=1S/C22H16ClF6N3O.C2HF3O2/c23-17-6-2-1-4-14(17)12-31-20(33)32-18(13-7-9-15(10-8-13)21(24,25)26)19-16(22(27,28)29)5-3-11-30-19;3-2(4,5)1(6)7/h1-11,18H,12H2,(H2,31,32,33);(H,6,7)/t18-;/m0./s1. The van der Waals surface area contributed by atoms with E-state index in [1.54, 1.807) is 24.3 Å². The predicted octanol–water partition coefficient (Wildman–Crippen LogP) is 6.99. The Bertz CT molecular complexity index is 1310. The van der Waals surface area contributed by atoms with E-state index in [-0.39, 0.29) is 12.1 Å². The number of aromatic nitrogens is 1. The summed E-state index contributed by atoms with van der Waals surface area (Å²) in [5, 5.41) is 12.4. The summed E-state index contributed by atoms with van der Waals surface area (Å²) in [6.07, 6.45) is -13.4. The van der Waals surface area contributed by atoms with E-state index in [2.05, 4.69) is 15.6 Å². The normalized spacial score (nSPS) is 12.6. The Labute approximate surface area is 224 Å². The highest BCUT2D eigenvalue weighted by atomic mass is 35.5. The molecule has 216 valence electrons. The largest absolute Gasteiger partial charge is 0.490 e. The van der Waals surface area contributed by atoms with Crippen LogP contribution >= 0.6 is 11.6 Å². The number of hydrogen-bond acceptors (Lipinski definition) is 3. The van der Waals surface area contributed by atoms with Crippen LogP contribution in [0.3, 0.4) is 0 Å². The maximum Gasteiger partial charge on any atom is 0.490 e. The Hall–Kier alpha value is -4.01. The Morgan fingerprint density at radius 2 is 1.43 bits per heavy atom. The average molecular weight is 602 g/mol. The zero-order valence-electron chi connectivity index (χ0n) is 19.6. The quantitative estimate of drug-likeness (QED) is 0.275. The number of carboxylic acid groups (broad SMARTS) is 1. The van der Waals surface area contributed by atoms with Crippen molar-refractivity contribution in [2.75, 3.05) is 0 Å². The lowest BCUT2D eigenvalue weighted by Gasteiger charge is -2.23. The molecule has 40 heavy (non-hydrogen) atoms. The van der Waals surface area contributed by atoms with Crippen LogP contribution in [0.4, 0.5) is 44.3 Å². The van der Waals surface area contributed by atoms with E-state index in [1.807, 2.05) is 0 Å². The highest BCUT2D eigenvalue weighted by molar-refractivity contribution is 6.31. The number of benzene rings is 2. The van der Waals surface area contributed by atoms with Gasteiger partial charge in [0.1, 0.15) is 0 Å². The van der Waals surface area contributed by atoms with Crippen LogP contribution in [0.5, 0.6) is 0 Å². The smallest absolute Gasteiger partial charge is 0.475 e. The molecule has 0 saturated heterocycles. The number of pyridine rings is 1. The predicted molar refractivity (Wildman–Crippen MR) is 123 cm³/mol. The summed E-state index contributed by atoms with van der Waals surface area (Å²) in [5.41, 5.74) is -2.11. The van der Waals surface area contributed by atoms with Crippen LogP contribution in [0, 0.1) is 0 Å². The van der Waals surface area contributed by atoms with E-state index >= 15 is 0 Å². The van der Waals surface area contributed by atoms with Crippen LogP contribution in [-0.4, -0.2) is 28.3 Å². The monoisotopic (exact) mass is 601 g/mol. The SMILES string of the molecule is O=C(NCc1ccccc1Cl)N[C@@H](c1ccc(C(F)(F)F)cc1)c1ncccc1C(F)(F)F.O=C(O)C(F)(F)F. The second-order valence-electron chi connectivity index (χ2n) is 7.71. The Kier molecular flexibility index (Phi) is 10.4. The summed E-state index contributed by atoms with van der Waals surface area (Å²) in [5.74, 6) is -2.76. The number of carbonyl (C=O) groups is 2. The Morgan fingerprint density at radius 3 is 1.93 bits per heavy atom. The maximum atomic E-state index is 13.6. The summed E-state index contributed by atoms with van der Waals surface area (Å²) < 4.78 is 111. The highest BCUT2D eigenvalue weighted by Crippen LogP contribution is 2.36. The number of carbonyl (C=O) groups excluding carboxylic acids is 1. The molecule has 1 aromatic heterocycles. The third kappa shape index (κ3) is 9.32. The van der Waals surface area contributed by atoms with Crippen molar-refractivity contribution in [1.29, 1.82) is 0 Å². The zero-order chi connectivity index (χ0) is 30.3. The van der Waals surface area contributed by atoms with Gasteiger partial charge in [-0.05, 0) is 41.5 Å². The van der Waals surface area contributed by atoms with Crippen molar-refractivity contribution in [3.63, 3.8) is 0 Å². The number of amides is 2. The van der Waals surface area contributed by atoms with Crippen molar-refractivity contribution in [1.82, 2.24) is 15.6 Å². The molecular weight excluding hydrogens is 585 g/mol. The average Bonchev–Trinajstić information content (AvgIpc) is 2.86. The van der Waals surface area contributed by atoms with E-state index in [4.69, 9.17) is 21.5 Å². The number of carboxylic acids is 1. The molecule has 3 rings (SSSR count). The van der Waals surface area contributed by atoms with Crippen LogP contribution in [0.1, 0.15) is 34.0 Å². The molecule has 1 atom stereocenters. The molecule has 0 radical (unpaired) electrons. The van der Waals surface area contributed by atoms with Crippen LogP contribution in [0.15, 0.2) is 66.9 Å². The minimum atomic E-state index is -5.08. The Balaban J connectivity index is 0.000000708. The molecule has 3 N–H and O–H groups in total. The van der Waals surface area contributed by atoms with E-state index in [1.165, 1.54) is 0 Å². The summed E-state index contributed by atoms with van der Waals surface area (Å²) in [4.78, 5) is 25.2. The number of halogens is 10.